The van der Waals surface area contributed by atoms with Gasteiger partial charge in [-0.15, -0.1) is 0 Å². The van der Waals surface area contributed by atoms with Gasteiger partial charge in [-0.25, -0.2) is 0 Å². The zero-order valence-electron chi connectivity index (χ0n) is 35.5. The molecule has 2 nitrogen and oxygen atoms in total. The molecule has 0 unspecified atom stereocenters. The minimum atomic E-state index is -0.247. The molecule has 0 spiro atoms. The van der Waals surface area contributed by atoms with Crippen LogP contribution in [0.2, 0.25) is 0 Å². The normalized spacial score (nSPS) is 14.1. The van der Waals surface area contributed by atoms with E-state index in [9.17, 15) is 0 Å². The Labute approximate surface area is 364 Å². The van der Waals surface area contributed by atoms with Crippen molar-refractivity contribution >= 4 is 38.9 Å². The molecular formula is C60H46N2. The maximum Gasteiger partial charge on any atom is 0.0547 e. The van der Waals surface area contributed by atoms with Gasteiger partial charge in [-0.05, 0) is 133 Å². The van der Waals surface area contributed by atoms with E-state index in [1.807, 2.05) is 0 Å². The van der Waals surface area contributed by atoms with E-state index in [0.717, 1.165) is 11.4 Å². The number of fused-ring (bicyclic) bond motifs is 9. The average molecular weight is 795 g/mol. The van der Waals surface area contributed by atoms with Gasteiger partial charge in [-0.2, -0.15) is 0 Å². The first kappa shape index (κ1) is 36.4. The molecule has 2 aliphatic rings. The minimum Gasteiger partial charge on any atom is -0.310 e. The second-order valence-corrected chi connectivity index (χ2v) is 18.1. The summed E-state index contributed by atoms with van der Waals surface area (Å²) in [4.78, 5) is 2.49. The summed E-state index contributed by atoms with van der Waals surface area (Å²) in [5.41, 5.74) is 22.6. The molecule has 1 heterocycles. The summed E-state index contributed by atoms with van der Waals surface area (Å²) in [5.74, 6) is 0. The maximum absolute atomic E-state index is 2.52. The average Bonchev–Trinajstić information content (AvgIpc) is 3.86. The molecule has 0 amide bonds. The van der Waals surface area contributed by atoms with Gasteiger partial charge in [0.2, 0.25) is 0 Å². The van der Waals surface area contributed by atoms with Gasteiger partial charge in [0.05, 0.1) is 16.7 Å². The first-order valence-corrected chi connectivity index (χ1v) is 21.9. The smallest absolute Gasteiger partial charge is 0.0547 e. The Hall–Kier alpha value is -7.42. The highest BCUT2D eigenvalue weighted by atomic mass is 15.1. The van der Waals surface area contributed by atoms with Gasteiger partial charge < -0.3 is 9.47 Å². The van der Waals surface area contributed by atoms with Crippen LogP contribution in [-0.4, -0.2) is 4.57 Å². The fraction of sp³-hybridized carbons (Fsp3) is 0.100. The molecule has 296 valence electrons. The third-order valence-corrected chi connectivity index (χ3v) is 14.0. The molecular weight excluding hydrogens is 749 g/mol. The van der Waals surface area contributed by atoms with Crippen LogP contribution in [0.5, 0.6) is 0 Å². The van der Waals surface area contributed by atoms with Crippen molar-refractivity contribution in [1.29, 1.82) is 0 Å². The molecule has 0 radical (unpaired) electrons. The Morgan fingerprint density at radius 2 is 0.903 bits per heavy atom. The molecule has 0 aliphatic heterocycles. The lowest BCUT2D eigenvalue weighted by Gasteiger charge is -2.32. The zero-order chi connectivity index (χ0) is 41.7. The van der Waals surface area contributed by atoms with Crippen LogP contribution < -0.4 is 4.90 Å². The topological polar surface area (TPSA) is 8.17 Å². The molecule has 0 bridgehead atoms. The second-order valence-electron chi connectivity index (χ2n) is 18.1. The van der Waals surface area contributed by atoms with Gasteiger partial charge in [0, 0.05) is 38.7 Å². The summed E-state index contributed by atoms with van der Waals surface area (Å²) >= 11 is 0. The van der Waals surface area contributed by atoms with Gasteiger partial charge in [-0.1, -0.05) is 167 Å². The molecule has 0 fully saturated rings. The number of rotatable bonds is 6. The van der Waals surface area contributed by atoms with Crippen molar-refractivity contribution in [2.75, 3.05) is 4.90 Å². The Morgan fingerprint density at radius 3 is 1.65 bits per heavy atom. The van der Waals surface area contributed by atoms with Crippen LogP contribution in [0.1, 0.15) is 49.9 Å². The van der Waals surface area contributed by atoms with E-state index in [4.69, 9.17) is 0 Å². The van der Waals surface area contributed by atoms with Crippen LogP contribution in [0, 0.1) is 0 Å². The molecule has 9 aromatic carbocycles. The van der Waals surface area contributed by atoms with E-state index in [2.05, 4.69) is 243 Å². The monoisotopic (exact) mass is 794 g/mol. The fourth-order valence-electron chi connectivity index (χ4n) is 11.0. The highest BCUT2D eigenvalue weighted by molar-refractivity contribution is 6.15. The molecule has 0 saturated heterocycles. The van der Waals surface area contributed by atoms with Gasteiger partial charge >= 0.3 is 0 Å². The van der Waals surface area contributed by atoms with Crippen molar-refractivity contribution in [3.8, 4) is 50.2 Å². The predicted molar refractivity (Wildman–Crippen MR) is 261 cm³/mol. The number of para-hydroxylation sites is 2. The number of nitrogens with zero attached hydrogens (tertiary/aromatic N) is 2. The van der Waals surface area contributed by atoms with E-state index in [0.29, 0.717) is 0 Å². The Kier molecular flexibility index (Phi) is 7.96. The highest BCUT2D eigenvalue weighted by Crippen LogP contribution is 2.58. The molecule has 1 aromatic heterocycles. The highest BCUT2D eigenvalue weighted by Gasteiger charge is 2.43. The lowest BCUT2D eigenvalue weighted by atomic mass is 9.79. The first-order valence-electron chi connectivity index (χ1n) is 21.9. The van der Waals surface area contributed by atoms with Gasteiger partial charge in [-0.3, -0.25) is 0 Å². The van der Waals surface area contributed by atoms with E-state index in [-0.39, 0.29) is 10.8 Å². The van der Waals surface area contributed by atoms with Crippen LogP contribution in [0.25, 0.3) is 72.0 Å². The number of aromatic nitrogens is 1. The lowest BCUT2D eigenvalue weighted by molar-refractivity contribution is 0.652. The van der Waals surface area contributed by atoms with Crippen molar-refractivity contribution in [2.45, 2.75) is 38.5 Å². The standard InChI is InChI=1S/C60H46N2/c1-59(2)51-25-13-11-21-46(51)49-37-53-50(38-52(49)59)47-24-16-28-56(58(47)60(53,3)4)61(43-33-29-40(30-34-43)39-17-7-5-8-18-39)44-35-31-41(32-36-44)45-23-15-27-55-57(45)48-22-12-14-26-54(48)62(55)42-19-9-6-10-20-42/h5-38H,1-4H3. The van der Waals surface area contributed by atoms with Crippen molar-refractivity contribution in [1.82, 2.24) is 4.57 Å². The Morgan fingerprint density at radius 1 is 0.371 bits per heavy atom. The minimum absolute atomic E-state index is 0.0689. The maximum atomic E-state index is 2.52. The van der Waals surface area contributed by atoms with Gasteiger partial charge in [0.25, 0.3) is 0 Å². The van der Waals surface area contributed by atoms with Crippen LogP contribution in [-0.2, 0) is 10.8 Å². The van der Waals surface area contributed by atoms with Crippen LogP contribution in [0.3, 0.4) is 0 Å². The molecule has 62 heavy (non-hydrogen) atoms. The number of hydrogen-bond acceptors (Lipinski definition) is 1. The number of benzene rings is 9. The van der Waals surface area contributed by atoms with Crippen molar-refractivity contribution in [2.24, 2.45) is 0 Å². The van der Waals surface area contributed by atoms with E-state index < -0.39 is 0 Å². The summed E-state index contributed by atoms with van der Waals surface area (Å²) in [6.45, 7) is 9.61. The lowest BCUT2D eigenvalue weighted by Crippen LogP contribution is -2.21. The molecule has 0 atom stereocenters. The Bertz CT molecular complexity index is 3370. The number of anilines is 3. The predicted octanol–water partition coefficient (Wildman–Crippen LogP) is 16.2. The van der Waals surface area contributed by atoms with Crippen molar-refractivity contribution in [3.63, 3.8) is 0 Å². The van der Waals surface area contributed by atoms with Crippen LogP contribution >= 0.6 is 0 Å². The fourth-order valence-corrected chi connectivity index (χ4v) is 11.0. The third-order valence-electron chi connectivity index (χ3n) is 14.0. The molecule has 12 rings (SSSR count). The first-order chi connectivity index (χ1) is 30.3. The molecule has 0 saturated carbocycles. The van der Waals surface area contributed by atoms with Gasteiger partial charge in [0.1, 0.15) is 0 Å². The summed E-state index contributed by atoms with van der Waals surface area (Å²) < 4.78 is 2.40. The van der Waals surface area contributed by atoms with Crippen LogP contribution in [0.4, 0.5) is 17.1 Å². The summed E-state index contributed by atoms with van der Waals surface area (Å²) in [7, 11) is 0. The van der Waals surface area contributed by atoms with Gasteiger partial charge in [0.15, 0.2) is 0 Å². The largest absolute Gasteiger partial charge is 0.310 e. The molecule has 10 aromatic rings. The van der Waals surface area contributed by atoms with E-state index in [1.54, 1.807) is 0 Å². The Balaban J connectivity index is 1.02. The summed E-state index contributed by atoms with van der Waals surface area (Å²) in [5, 5.41) is 2.52. The number of hydrogen-bond donors (Lipinski definition) is 0. The summed E-state index contributed by atoms with van der Waals surface area (Å²) in [6.07, 6.45) is 0. The quantitative estimate of drug-likeness (QED) is 0.163. The summed E-state index contributed by atoms with van der Waals surface area (Å²) in [6, 6.07) is 76.3. The SMILES string of the molecule is CC1(C)c2ccccc2-c2cc3c(cc21)-c1cccc(N(c2ccc(-c4ccccc4)cc2)c2ccc(-c4cccc5c4c4ccccc4n5-c4ccccc4)cc2)c1C3(C)C. The second kappa shape index (κ2) is 13.5. The van der Waals surface area contributed by atoms with Crippen molar-refractivity contribution in [3.05, 3.63) is 229 Å². The van der Waals surface area contributed by atoms with Crippen LogP contribution in [0.15, 0.2) is 206 Å². The van der Waals surface area contributed by atoms with E-state index >= 15 is 0 Å². The molecule has 2 heteroatoms. The molecule has 0 N–H and O–H groups in total. The van der Waals surface area contributed by atoms with E-state index in [1.165, 1.54) is 99.9 Å². The zero-order valence-corrected chi connectivity index (χ0v) is 35.5. The molecule has 2 aliphatic carbocycles. The third kappa shape index (κ3) is 5.29. The van der Waals surface area contributed by atoms with Crippen molar-refractivity contribution < 1.29 is 0 Å².